The first kappa shape index (κ1) is 37.6. The molecule has 5 rings (SSSR count). The zero-order valence-corrected chi connectivity index (χ0v) is 29.7. The van der Waals surface area contributed by atoms with Crippen LogP contribution in [0.1, 0.15) is 58.1 Å². The Kier molecular flexibility index (Phi) is 12.0. The molecule has 4 aromatic rings. The zero-order chi connectivity index (χ0) is 37.5. The third kappa shape index (κ3) is 9.36. The number of rotatable bonds is 10. The molecule has 1 saturated heterocycles. The molecule has 0 radical (unpaired) electrons. The number of carbonyl (C=O) groups is 6. The van der Waals surface area contributed by atoms with Crippen LogP contribution < -0.4 is 26.6 Å². The van der Waals surface area contributed by atoms with E-state index in [-0.39, 0.29) is 37.5 Å². The van der Waals surface area contributed by atoms with Crippen molar-refractivity contribution in [3.63, 3.8) is 0 Å². The number of H-pyrrole nitrogens is 2. The van der Waals surface area contributed by atoms with Crippen molar-refractivity contribution in [2.24, 2.45) is 11.8 Å². The van der Waals surface area contributed by atoms with Crippen LogP contribution in [0.3, 0.4) is 0 Å². The molecule has 2 aromatic carbocycles. The average molecular weight is 714 g/mol. The van der Waals surface area contributed by atoms with Gasteiger partial charge in [-0.25, -0.2) is 0 Å². The summed E-state index contributed by atoms with van der Waals surface area (Å²) in [7, 11) is 0. The van der Waals surface area contributed by atoms with E-state index in [9.17, 15) is 33.9 Å². The third-order valence-corrected chi connectivity index (χ3v) is 9.16. The summed E-state index contributed by atoms with van der Waals surface area (Å²) in [6, 6.07) is 8.58. The average Bonchev–Trinajstić information content (AvgIpc) is 3.69. The molecule has 5 atom stereocenters. The number of aliphatic carboxylic acids is 1. The van der Waals surface area contributed by atoms with Gasteiger partial charge in [0.25, 0.3) is 0 Å². The van der Waals surface area contributed by atoms with Crippen LogP contribution in [0.4, 0.5) is 0 Å². The van der Waals surface area contributed by atoms with Crippen molar-refractivity contribution in [3.05, 3.63) is 72.1 Å². The van der Waals surface area contributed by atoms with Gasteiger partial charge in [0.1, 0.15) is 30.2 Å². The number of carboxylic acids is 1. The molecule has 8 N–H and O–H groups in total. The molecular weight excluding hydrogens is 666 g/mol. The normalized spacial score (nSPS) is 22.3. The van der Waals surface area contributed by atoms with Gasteiger partial charge in [0.05, 0.1) is 6.42 Å². The number of amides is 5. The van der Waals surface area contributed by atoms with Gasteiger partial charge in [-0.3, -0.25) is 28.8 Å². The fourth-order valence-corrected chi connectivity index (χ4v) is 6.61. The van der Waals surface area contributed by atoms with Crippen LogP contribution in [0.25, 0.3) is 21.8 Å². The van der Waals surface area contributed by atoms with Crippen molar-refractivity contribution >= 4 is 57.3 Å². The highest BCUT2D eigenvalue weighted by molar-refractivity contribution is 5.99. The maximum Gasteiger partial charge on any atom is 0.305 e. The van der Waals surface area contributed by atoms with E-state index in [0.717, 1.165) is 21.8 Å². The molecule has 5 amide bonds. The number of aromatic nitrogens is 2. The number of hydrogen-bond acceptors (Lipinski definition) is 6. The Bertz CT molecular complexity index is 1870. The molecule has 0 saturated carbocycles. The molecule has 14 heteroatoms. The van der Waals surface area contributed by atoms with Crippen molar-refractivity contribution in [1.82, 2.24) is 36.6 Å². The first-order valence-electron chi connectivity index (χ1n) is 17.6. The van der Waals surface area contributed by atoms with Crippen LogP contribution >= 0.6 is 0 Å². The molecule has 0 spiro atoms. The summed E-state index contributed by atoms with van der Waals surface area (Å²) < 4.78 is 0. The molecule has 0 aliphatic carbocycles. The first-order chi connectivity index (χ1) is 24.8. The molecular formula is C38H47N7O7. The minimum atomic E-state index is -1.60. The van der Waals surface area contributed by atoms with Gasteiger partial charge in [0.2, 0.25) is 29.5 Å². The minimum Gasteiger partial charge on any atom is -0.481 e. The number of hydrogen-bond donors (Lipinski definition) is 8. The van der Waals surface area contributed by atoms with Crippen LogP contribution in [0, 0.1) is 11.8 Å². The van der Waals surface area contributed by atoms with Gasteiger partial charge in [-0.15, -0.1) is 0 Å². The van der Waals surface area contributed by atoms with Gasteiger partial charge in [-0.1, -0.05) is 64.1 Å². The van der Waals surface area contributed by atoms with Gasteiger partial charge in [-0.05, 0) is 47.9 Å². The molecule has 14 nitrogen and oxygen atoms in total. The van der Waals surface area contributed by atoms with Crippen LogP contribution in [0.5, 0.6) is 0 Å². The Hall–Kier alpha value is -5.66. The van der Waals surface area contributed by atoms with Crippen LogP contribution in [-0.4, -0.2) is 80.8 Å². The number of fused-ring (bicyclic) bond motifs is 2. The van der Waals surface area contributed by atoms with E-state index in [1.165, 1.54) is 0 Å². The lowest BCUT2D eigenvalue weighted by Crippen LogP contribution is -2.58. The van der Waals surface area contributed by atoms with Crippen molar-refractivity contribution in [1.29, 1.82) is 0 Å². The molecule has 0 unspecified atom stereocenters. The van der Waals surface area contributed by atoms with Crippen LogP contribution in [0.2, 0.25) is 0 Å². The monoisotopic (exact) mass is 713 g/mol. The molecule has 0 bridgehead atoms. The lowest BCUT2D eigenvalue weighted by Gasteiger charge is -2.27. The molecule has 2 aromatic heterocycles. The molecule has 276 valence electrons. The summed E-state index contributed by atoms with van der Waals surface area (Å²) in [4.78, 5) is 88.2. The lowest BCUT2D eigenvalue weighted by atomic mass is 9.98. The maximum absolute atomic E-state index is 14.0. The predicted molar refractivity (Wildman–Crippen MR) is 195 cm³/mol. The van der Waals surface area contributed by atoms with Gasteiger partial charge < -0.3 is 41.7 Å². The molecule has 3 heterocycles. The fraction of sp³-hybridized carbons (Fsp3) is 0.421. The summed E-state index contributed by atoms with van der Waals surface area (Å²) in [5.41, 5.74) is 3.01. The van der Waals surface area contributed by atoms with Gasteiger partial charge >= 0.3 is 5.97 Å². The van der Waals surface area contributed by atoms with Gasteiger partial charge in [0.15, 0.2) is 0 Å². The van der Waals surface area contributed by atoms with E-state index < -0.39 is 72.1 Å². The number of para-hydroxylation sites is 2. The van der Waals surface area contributed by atoms with Crippen molar-refractivity contribution in [2.45, 2.75) is 90.0 Å². The largest absolute Gasteiger partial charge is 0.481 e. The fourth-order valence-electron chi connectivity index (χ4n) is 6.61. The first-order valence-corrected chi connectivity index (χ1v) is 17.6. The van der Waals surface area contributed by atoms with E-state index in [4.69, 9.17) is 0 Å². The number of benzene rings is 2. The third-order valence-electron chi connectivity index (χ3n) is 9.16. The van der Waals surface area contributed by atoms with E-state index >= 15 is 0 Å². The highest BCUT2D eigenvalue weighted by atomic mass is 16.4. The van der Waals surface area contributed by atoms with E-state index in [2.05, 4.69) is 36.6 Å². The molecule has 1 aliphatic rings. The summed E-state index contributed by atoms with van der Waals surface area (Å²) in [6.45, 7) is 7.56. The second kappa shape index (κ2) is 16.6. The summed E-state index contributed by atoms with van der Waals surface area (Å²) in [5, 5.41) is 25.0. The highest BCUT2D eigenvalue weighted by Crippen LogP contribution is 2.21. The Balaban J connectivity index is 1.56. The summed E-state index contributed by atoms with van der Waals surface area (Å²) >= 11 is 0. The lowest BCUT2D eigenvalue weighted by molar-refractivity contribution is -0.141. The van der Waals surface area contributed by atoms with E-state index in [0.29, 0.717) is 11.1 Å². The van der Waals surface area contributed by atoms with E-state index in [1.807, 2.05) is 76.2 Å². The quantitative estimate of drug-likeness (QED) is 0.123. The Labute approximate surface area is 301 Å². The van der Waals surface area contributed by atoms with Crippen molar-refractivity contribution in [2.75, 3.05) is 0 Å². The Morgan fingerprint density at radius 1 is 0.558 bits per heavy atom. The summed E-state index contributed by atoms with van der Waals surface area (Å²) in [6.07, 6.45) is 3.08. The maximum atomic E-state index is 14.0. The van der Waals surface area contributed by atoms with Crippen LogP contribution in [-0.2, 0) is 41.6 Å². The van der Waals surface area contributed by atoms with E-state index in [1.54, 1.807) is 12.4 Å². The highest BCUT2D eigenvalue weighted by Gasteiger charge is 2.36. The Morgan fingerprint density at radius 3 is 1.31 bits per heavy atom. The van der Waals surface area contributed by atoms with Crippen LogP contribution in [0.15, 0.2) is 60.9 Å². The number of nitrogens with one attached hydrogen (secondary N) is 7. The van der Waals surface area contributed by atoms with Gasteiger partial charge in [-0.2, -0.15) is 0 Å². The second-order valence-corrected chi connectivity index (χ2v) is 14.3. The number of carbonyl (C=O) groups excluding carboxylic acids is 5. The number of carboxylic acid groups (broad SMARTS) is 1. The zero-order valence-electron chi connectivity index (χ0n) is 29.7. The minimum absolute atomic E-state index is 0.00938. The topological polar surface area (TPSA) is 214 Å². The molecule has 1 aliphatic heterocycles. The standard InChI is InChI=1S/C38H47N7O7/c1-20(2)13-28-34(48)41-29(14-21(3)4)35(49)43-31(16-23-19-40-27-12-8-6-10-25(23)27)37(51)45-32(17-33(46)47)38(52)44-30(36(50)42-28)15-22-18-39-26-11-7-5-9-24(22)26/h5-12,18-21,28-32,39-40H,13-17H2,1-4H3,(H,41,48)(H,42,50)(H,43,49)(H,44,52)(H,45,51)(H,46,47)/t28-,29+,30+,31-,32-/m1/s1. The molecule has 52 heavy (non-hydrogen) atoms. The van der Waals surface area contributed by atoms with Crippen molar-refractivity contribution < 1.29 is 33.9 Å². The predicted octanol–water partition coefficient (Wildman–Crippen LogP) is 2.44. The SMILES string of the molecule is CC(C)C[C@@H]1NC(=O)[C@@H](CC(C)C)NC(=O)[C@H](Cc2c[nH]c3ccccc23)NC(=O)[C@@H](CC(=O)O)NC(=O)[C@@H](Cc2c[nH]c3ccccc23)NC1=O. The molecule has 1 fully saturated rings. The smallest absolute Gasteiger partial charge is 0.305 e. The number of aromatic amines is 2. The van der Waals surface area contributed by atoms with Gasteiger partial charge in [0, 0.05) is 47.0 Å². The Morgan fingerprint density at radius 2 is 0.904 bits per heavy atom. The summed E-state index contributed by atoms with van der Waals surface area (Å²) in [5.74, 6) is -5.07. The second-order valence-electron chi connectivity index (χ2n) is 14.3. The van der Waals surface area contributed by atoms with Crippen molar-refractivity contribution in [3.8, 4) is 0 Å².